The Kier molecular flexibility index (Phi) is 6.17. The van der Waals surface area contributed by atoms with Crippen LogP contribution in [0, 0.1) is 0 Å². The van der Waals surface area contributed by atoms with Crippen molar-refractivity contribution in [2.75, 3.05) is 56.8 Å². The molecule has 36 heavy (non-hydrogen) atoms. The summed E-state index contributed by atoms with van der Waals surface area (Å²) in [6.07, 6.45) is 2.44. The van der Waals surface area contributed by atoms with Crippen molar-refractivity contribution in [2.45, 2.75) is 13.0 Å². The van der Waals surface area contributed by atoms with Crippen molar-refractivity contribution in [3.8, 4) is 17.2 Å². The molecule has 0 bridgehead atoms. The molecule has 4 heterocycles. The van der Waals surface area contributed by atoms with E-state index in [0.29, 0.717) is 12.4 Å². The molecule has 0 atom stereocenters. The highest BCUT2D eigenvalue weighted by Crippen LogP contribution is 2.33. The highest BCUT2D eigenvalue weighted by atomic mass is 16.7. The number of nitrogens with one attached hydrogen (secondary N) is 2. The summed E-state index contributed by atoms with van der Waals surface area (Å²) in [6.45, 7) is 5.62. The first-order chi connectivity index (χ1) is 17.7. The van der Waals surface area contributed by atoms with Crippen molar-refractivity contribution in [1.82, 2.24) is 24.8 Å². The van der Waals surface area contributed by atoms with Gasteiger partial charge in [-0.2, -0.15) is 4.98 Å². The third-order valence-electron chi connectivity index (χ3n) is 6.66. The first-order valence-corrected chi connectivity index (χ1v) is 12.2. The van der Waals surface area contributed by atoms with Gasteiger partial charge < -0.3 is 29.4 Å². The molecule has 0 aliphatic carbocycles. The molecule has 1 fully saturated rings. The predicted octanol–water partition coefficient (Wildman–Crippen LogP) is 3.07. The van der Waals surface area contributed by atoms with Crippen molar-refractivity contribution < 1.29 is 14.2 Å². The first-order valence-electron chi connectivity index (χ1n) is 12.2. The van der Waals surface area contributed by atoms with E-state index in [-0.39, 0.29) is 0 Å². The van der Waals surface area contributed by atoms with Crippen LogP contribution in [0.4, 0.5) is 11.8 Å². The molecule has 10 nitrogen and oxygen atoms in total. The predicted molar refractivity (Wildman–Crippen MR) is 137 cm³/mol. The van der Waals surface area contributed by atoms with Crippen LogP contribution in [0.5, 0.6) is 17.2 Å². The van der Waals surface area contributed by atoms with E-state index in [4.69, 9.17) is 19.2 Å². The number of methoxy groups -OCH3 is 1. The molecule has 2 aliphatic rings. The second kappa shape index (κ2) is 9.90. The molecule has 0 saturated carbocycles. The van der Waals surface area contributed by atoms with E-state index in [0.717, 1.165) is 80.2 Å². The minimum Gasteiger partial charge on any atom is -0.497 e. The zero-order chi connectivity index (χ0) is 24.3. The molecule has 0 unspecified atom stereocenters. The van der Waals surface area contributed by atoms with Gasteiger partial charge >= 0.3 is 0 Å². The number of fused-ring (bicyclic) bond motifs is 2. The molecule has 10 heteroatoms. The molecule has 2 aliphatic heterocycles. The number of aromatic nitrogens is 4. The maximum absolute atomic E-state index is 5.51. The summed E-state index contributed by atoms with van der Waals surface area (Å²) in [5.74, 6) is 4.14. The van der Waals surface area contributed by atoms with Crippen LogP contribution in [-0.4, -0.2) is 71.5 Å². The molecule has 0 spiro atoms. The van der Waals surface area contributed by atoms with Gasteiger partial charge in [-0.15, -0.1) is 0 Å². The van der Waals surface area contributed by atoms with Crippen molar-refractivity contribution in [1.29, 1.82) is 0 Å². The molecule has 0 amide bonds. The van der Waals surface area contributed by atoms with Gasteiger partial charge in [0.25, 0.3) is 0 Å². The molecule has 2 aromatic carbocycles. The van der Waals surface area contributed by atoms with Crippen LogP contribution in [0.15, 0.2) is 48.8 Å². The minimum absolute atomic E-state index is 0.305. The summed E-state index contributed by atoms with van der Waals surface area (Å²) < 4.78 is 16.2. The fourth-order valence-electron chi connectivity index (χ4n) is 4.63. The summed E-state index contributed by atoms with van der Waals surface area (Å²) in [7, 11) is 1.68. The molecule has 6 rings (SSSR count). The zero-order valence-electron chi connectivity index (χ0n) is 20.2. The molecule has 2 N–H and O–H groups in total. The standard InChI is InChI=1S/C26H29N7O3/c1-34-20-5-2-18(3-6-20)8-9-27-24-23-25(29-16-28-24)31-26(30-23)33-12-10-32(11-13-33)15-19-4-7-21-22(14-19)36-17-35-21/h2-7,14,16H,8-13,15,17H2,1H3,(H2,27,28,29,30,31). The third-order valence-corrected chi connectivity index (χ3v) is 6.66. The number of hydrogen-bond acceptors (Lipinski definition) is 9. The number of imidazole rings is 1. The van der Waals surface area contributed by atoms with Gasteiger partial charge in [-0.05, 0) is 41.8 Å². The molecular formula is C26H29N7O3. The molecule has 2 aromatic heterocycles. The van der Waals surface area contributed by atoms with Crippen molar-refractivity contribution >= 4 is 22.9 Å². The lowest BCUT2D eigenvalue weighted by Crippen LogP contribution is -2.46. The third kappa shape index (κ3) is 4.72. The molecular weight excluding hydrogens is 458 g/mol. The van der Waals surface area contributed by atoms with Gasteiger partial charge in [-0.3, -0.25) is 4.90 Å². The number of anilines is 2. The Morgan fingerprint density at radius 2 is 1.78 bits per heavy atom. The average molecular weight is 488 g/mol. The summed E-state index contributed by atoms with van der Waals surface area (Å²) >= 11 is 0. The largest absolute Gasteiger partial charge is 0.497 e. The number of nitrogens with zero attached hydrogens (tertiary/aromatic N) is 5. The average Bonchev–Trinajstić information content (AvgIpc) is 3.57. The van der Waals surface area contributed by atoms with Crippen LogP contribution in [-0.2, 0) is 13.0 Å². The molecule has 4 aromatic rings. The minimum atomic E-state index is 0.305. The fraction of sp³-hybridized carbons (Fsp3) is 0.346. The Balaban J connectivity index is 1.06. The van der Waals surface area contributed by atoms with Crippen LogP contribution in [0.3, 0.4) is 0 Å². The fourth-order valence-corrected chi connectivity index (χ4v) is 4.63. The van der Waals surface area contributed by atoms with Crippen LogP contribution in [0.1, 0.15) is 11.1 Å². The van der Waals surface area contributed by atoms with Crippen LogP contribution < -0.4 is 24.4 Å². The Hall–Kier alpha value is -4.05. The number of ether oxygens (including phenoxy) is 3. The Morgan fingerprint density at radius 3 is 2.61 bits per heavy atom. The second-order valence-corrected chi connectivity index (χ2v) is 8.96. The molecule has 0 radical (unpaired) electrons. The lowest BCUT2D eigenvalue weighted by molar-refractivity contribution is 0.174. The van der Waals surface area contributed by atoms with Gasteiger partial charge in [-0.1, -0.05) is 18.2 Å². The first kappa shape index (κ1) is 22.4. The zero-order valence-corrected chi connectivity index (χ0v) is 20.2. The van der Waals surface area contributed by atoms with Gasteiger partial charge in [0.05, 0.1) is 7.11 Å². The van der Waals surface area contributed by atoms with Crippen molar-refractivity contribution in [3.63, 3.8) is 0 Å². The van der Waals surface area contributed by atoms with E-state index in [1.54, 1.807) is 13.4 Å². The van der Waals surface area contributed by atoms with Crippen LogP contribution in [0.25, 0.3) is 11.2 Å². The van der Waals surface area contributed by atoms with Gasteiger partial charge in [0.1, 0.15) is 17.6 Å². The molecule has 186 valence electrons. The number of piperazine rings is 1. The molecule has 1 saturated heterocycles. The Morgan fingerprint density at radius 1 is 0.972 bits per heavy atom. The van der Waals surface area contributed by atoms with E-state index in [2.05, 4.69) is 54.3 Å². The summed E-state index contributed by atoms with van der Waals surface area (Å²) in [6, 6.07) is 14.3. The van der Waals surface area contributed by atoms with Gasteiger partial charge in [0, 0.05) is 39.3 Å². The normalized spacial score (nSPS) is 15.4. The number of aromatic amines is 1. The maximum Gasteiger partial charge on any atom is 0.231 e. The summed E-state index contributed by atoms with van der Waals surface area (Å²) in [5.41, 5.74) is 3.98. The van der Waals surface area contributed by atoms with Gasteiger partial charge in [0.2, 0.25) is 12.7 Å². The second-order valence-electron chi connectivity index (χ2n) is 8.96. The lowest BCUT2D eigenvalue weighted by Gasteiger charge is -2.34. The smallest absolute Gasteiger partial charge is 0.231 e. The number of H-pyrrole nitrogens is 1. The van der Waals surface area contributed by atoms with E-state index in [9.17, 15) is 0 Å². The van der Waals surface area contributed by atoms with E-state index in [1.165, 1.54) is 11.1 Å². The lowest BCUT2D eigenvalue weighted by atomic mass is 10.1. The van der Waals surface area contributed by atoms with Gasteiger partial charge in [-0.25, -0.2) is 9.97 Å². The van der Waals surface area contributed by atoms with Crippen LogP contribution >= 0.6 is 0 Å². The summed E-state index contributed by atoms with van der Waals surface area (Å²) in [5, 5.41) is 3.43. The van der Waals surface area contributed by atoms with Gasteiger partial charge in [0.15, 0.2) is 23.0 Å². The summed E-state index contributed by atoms with van der Waals surface area (Å²) in [4.78, 5) is 21.7. The van der Waals surface area contributed by atoms with Crippen molar-refractivity contribution in [3.05, 3.63) is 59.9 Å². The number of benzene rings is 2. The topological polar surface area (TPSA) is 101 Å². The Bertz CT molecular complexity index is 1330. The van der Waals surface area contributed by atoms with E-state index < -0.39 is 0 Å². The number of hydrogen-bond donors (Lipinski definition) is 2. The van der Waals surface area contributed by atoms with Crippen LogP contribution in [0.2, 0.25) is 0 Å². The maximum atomic E-state index is 5.51. The van der Waals surface area contributed by atoms with E-state index in [1.807, 2.05) is 18.2 Å². The quantitative estimate of drug-likeness (QED) is 0.388. The SMILES string of the molecule is COc1ccc(CCNc2ncnc3nc(N4CCN(Cc5ccc6c(c5)OCO6)CC4)[nH]c23)cc1. The number of rotatable bonds is 8. The van der Waals surface area contributed by atoms with E-state index >= 15 is 0 Å². The highest BCUT2D eigenvalue weighted by molar-refractivity contribution is 5.84. The highest BCUT2D eigenvalue weighted by Gasteiger charge is 2.22. The van der Waals surface area contributed by atoms with Crippen molar-refractivity contribution in [2.24, 2.45) is 0 Å². The Labute approximate surface area is 209 Å². The monoisotopic (exact) mass is 487 g/mol.